The van der Waals surface area contributed by atoms with Crippen molar-refractivity contribution in [3.63, 3.8) is 0 Å². The summed E-state index contributed by atoms with van der Waals surface area (Å²) in [6, 6.07) is 4.10. The molecule has 0 N–H and O–H groups in total. The largest absolute Gasteiger partial charge is 0.478 e. The quantitative estimate of drug-likeness (QED) is 0.766. The van der Waals surface area contributed by atoms with E-state index in [1.807, 2.05) is 13.0 Å². The highest BCUT2D eigenvalue weighted by Gasteiger charge is 2.28. The lowest BCUT2D eigenvalue weighted by molar-refractivity contribution is 0.135. The Balaban J connectivity index is 2.18. The summed E-state index contributed by atoms with van der Waals surface area (Å²) in [5.74, 6) is 0.747. The molecule has 0 bridgehead atoms. The monoisotopic (exact) mass is 220 g/mol. The lowest BCUT2D eigenvalue weighted by Crippen LogP contribution is -2.36. The molecule has 2 rings (SSSR count). The summed E-state index contributed by atoms with van der Waals surface area (Å²) in [6.07, 6.45) is 0. The molecule has 0 unspecified atom stereocenters. The Morgan fingerprint density at radius 2 is 2.06 bits per heavy atom. The van der Waals surface area contributed by atoms with E-state index in [0.29, 0.717) is 6.61 Å². The second-order valence-corrected chi connectivity index (χ2v) is 5.22. The van der Waals surface area contributed by atoms with E-state index in [2.05, 4.69) is 36.7 Å². The molecule has 0 atom stereocenters. The average Bonchev–Trinajstić information content (AvgIpc) is 2.60. The van der Waals surface area contributed by atoms with Gasteiger partial charge in [-0.1, -0.05) is 6.07 Å². The van der Waals surface area contributed by atoms with Gasteiger partial charge in [0.05, 0.1) is 12.3 Å². The van der Waals surface area contributed by atoms with Crippen LogP contribution in [0.2, 0.25) is 0 Å². The molecule has 3 nitrogen and oxygen atoms in total. The van der Waals surface area contributed by atoms with Gasteiger partial charge in [-0.15, -0.1) is 0 Å². The third kappa shape index (κ3) is 2.19. The second-order valence-electron chi connectivity index (χ2n) is 5.22. The van der Waals surface area contributed by atoms with Crippen molar-refractivity contribution < 1.29 is 4.74 Å². The maximum atomic E-state index is 5.42. The second kappa shape index (κ2) is 4.06. The number of fused-ring (bicyclic) bond motifs is 1. The summed E-state index contributed by atoms with van der Waals surface area (Å²) in [7, 11) is 0. The molecular formula is C13H20N2O. The van der Waals surface area contributed by atoms with Crippen LogP contribution >= 0.6 is 0 Å². The molecule has 1 aromatic rings. The predicted octanol–water partition coefficient (Wildman–Crippen LogP) is 2.59. The Kier molecular flexibility index (Phi) is 2.89. The van der Waals surface area contributed by atoms with Gasteiger partial charge < -0.3 is 4.74 Å². The Morgan fingerprint density at radius 1 is 1.31 bits per heavy atom. The van der Waals surface area contributed by atoms with Gasteiger partial charge in [-0.05, 0) is 33.3 Å². The van der Waals surface area contributed by atoms with Gasteiger partial charge in [0, 0.05) is 24.7 Å². The lowest BCUT2D eigenvalue weighted by atomic mass is 10.1. The zero-order valence-electron chi connectivity index (χ0n) is 10.6. The van der Waals surface area contributed by atoms with Crippen molar-refractivity contribution in [3.05, 3.63) is 23.4 Å². The highest BCUT2D eigenvalue weighted by molar-refractivity contribution is 5.29. The van der Waals surface area contributed by atoms with Crippen molar-refractivity contribution in [3.8, 4) is 5.88 Å². The van der Waals surface area contributed by atoms with E-state index in [1.165, 1.54) is 11.3 Å². The minimum atomic E-state index is 0.201. The van der Waals surface area contributed by atoms with Crippen molar-refractivity contribution in [1.29, 1.82) is 0 Å². The van der Waals surface area contributed by atoms with Crippen LogP contribution in [-0.2, 0) is 13.1 Å². The van der Waals surface area contributed by atoms with Crippen LogP contribution in [0.25, 0.3) is 0 Å². The summed E-state index contributed by atoms with van der Waals surface area (Å²) in [5.41, 5.74) is 2.70. The summed E-state index contributed by atoms with van der Waals surface area (Å²) in [5, 5.41) is 0. The van der Waals surface area contributed by atoms with Crippen LogP contribution in [0.5, 0.6) is 5.88 Å². The molecular weight excluding hydrogens is 200 g/mol. The molecule has 2 heterocycles. The van der Waals surface area contributed by atoms with Crippen LogP contribution in [0.4, 0.5) is 0 Å². The average molecular weight is 220 g/mol. The molecule has 0 spiro atoms. The Morgan fingerprint density at radius 3 is 2.69 bits per heavy atom. The van der Waals surface area contributed by atoms with Gasteiger partial charge in [0.25, 0.3) is 0 Å². The molecule has 1 aromatic heterocycles. The number of hydrogen-bond acceptors (Lipinski definition) is 3. The first-order valence-corrected chi connectivity index (χ1v) is 5.87. The third-order valence-electron chi connectivity index (χ3n) is 2.99. The number of hydrogen-bond donors (Lipinski definition) is 0. The van der Waals surface area contributed by atoms with Gasteiger partial charge in [-0.2, -0.15) is 0 Å². The van der Waals surface area contributed by atoms with Crippen LogP contribution in [0.15, 0.2) is 12.1 Å². The van der Waals surface area contributed by atoms with Gasteiger partial charge in [0.1, 0.15) is 0 Å². The molecule has 0 aliphatic carbocycles. The van der Waals surface area contributed by atoms with Crippen molar-refractivity contribution >= 4 is 0 Å². The minimum Gasteiger partial charge on any atom is -0.478 e. The first-order valence-electron chi connectivity index (χ1n) is 5.87. The molecule has 16 heavy (non-hydrogen) atoms. The zero-order chi connectivity index (χ0) is 11.8. The normalized spacial score (nSPS) is 16.2. The summed E-state index contributed by atoms with van der Waals surface area (Å²) in [4.78, 5) is 6.97. The molecule has 0 radical (unpaired) electrons. The van der Waals surface area contributed by atoms with Crippen LogP contribution in [0.3, 0.4) is 0 Å². The fourth-order valence-electron chi connectivity index (χ4n) is 1.94. The predicted molar refractivity (Wildman–Crippen MR) is 64.4 cm³/mol. The number of ether oxygens (including phenoxy) is 1. The number of nitrogens with zero attached hydrogens (tertiary/aromatic N) is 2. The topological polar surface area (TPSA) is 25.4 Å². The molecule has 3 heteroatoms. The highest BCUT2D eigenvalue weighted by atomic mass is 16.5. The van der Waals surface area contributed by atoms with Crippen molar-refractivity contribution in [2.24, 2.45) is 0 Å². The maximum Gasteiger partial charge on any atom is 0.213 e. The van der Waals surface area contributed by atoms with Crippen molar-refractivity contribution in [2.45, 2.75) is 46.3 Å². The number of rotatable bonds is 2. The smallest absolute Gasteiger partial charge is 0.213 e. The number of aromatic nitrogens is 1. The molecule has 88 valence electrons. The Hall–Kier alpha value is -1.09. The first kappa shape index (κ1) is 11.4. The van der Waals surface area contributed by atoms with Gasteiger partial charge in [0.15, 0.2) is 0 Å². The molecule has 1 aliphatic rings. The van der Waals surface area contributed by atoms with Crippen molar-refractivity contribution in [2.75, 3.05) is 6.61 Å². The van der Waals surface area contributed by atoms with E-state index in [9.17, 15) is 0 Å². The Labute approximate surface area is 97.4 Å². The van der Waals surface area contributed by atoms with Crippen LogP contribution < -0.4 is 4.74 Å². The Bertz CT molecular complexity index is 382. The zero-order valence-corrected chi connectivity index (χ0v) is 10.6. The number of pyridine rings is 1. The minimum absolute atomic E-state index is 0.201. The lowest BCUT2D eigenvalue weighted by Gasteiger charge is -2.30. The first-order chi connectivity index (χ1) is 7.50. The molecule has 0 saturated heterocycles. The fourth-order valence-corrected chi connectivity index (χ4v) is 1.94. The van der Waals surface area contributed by atoms with E-state index in [0.717, 1.165) is 19.0 Å². The van der Waals surface area contributed by atoms with E-state index in [4.69, 9.17) is 4.74 Å². The summed E-state index contributed by atoms with van der Waals surface area (Å²) >= 11 is 0. The van der Waals surface area contributed by atoms with E-state index >= 15 is 0 Å². The van der Waals surface area contributed by atoms with E-state index in [1.54, 1.807) is 0 Å². The van der Waals surface area contributed by atoms with E-state index < -0.39 is 0 Å². The summed E-state index contributed by atoms with van der Waals surface area (Å²) < 4.78 is 5.42. The standard InChI is InChI=1S/C13H20N2O/c1-5-16-12-7-6-10-8-15(13(2,3)4)9-11(10)14-12/h6-7H,5,8-9H2,1-4H3. The van der Waals surface area contributed by atoms with Crippen LogP contribution in [0.1, 0.15) is 39.0 Å². The summed E-state index contributed by atoms with van der Waals surface area (Å²) in [6.45, 7) is 11.3. The fraction of sp³-hybridized carbons (Fsp3) is 0.615. The highest BCUT2D eigenvalue weighted by Crippen LogP contribution is 2.29. The van der Waals surface area contributed by atoms with Gasteiger partial charge in [0.2, 0.25) is 5.88 Å². The van der Waals surface area contributed by atoms with E-state index in [-0.39, 0.29) is 5.54 Å². The van der Waals surface area contributed by atoms with Crippen molar-refractivity contribution in [1.82, 2.24) is 9.88 Å². The van der Waals surface area contributed by atoms with Crippen LogP contribution in [-0.4, -0.2) is 22.0 Å². The molecule has 1 aliphatic heterocycles. The molecule has 0 fully saturated rings. The molecule has 0 aromatic carbocycles. The van der Waals surface area contributed by atoms with Gasteiger partial charge in [-0.25, -0.2) is 4.98 Å². The third-order valence-corrected chi connectivity index (χ3v) is 2.99. The van der Waals surface area contributed by atoms with Crippen LogP contribution in [0, 0.1) is 0 Å². The molecule has 0 amide bonds. The maximum absolute atomic E-state index is 5.42. The van der Waals surface area contributed by atoms with Gasteiger partial charge >= 0.3 is 0 Å². The molecule has 0 saturated carbocycles. The SMILES string of the molecule is CCOc1ccc2c(n1)CN(C(C)(C)C)C2. The van der Waals surface area contributed by atoms with Gasteiger partial charge in [-0.3, -0.25) is 4.90 Å².